The van der Waals surface area contributed by atoms with E-state index in [1.54, 1.807) is 17.8 Å². The molecule has 5 heteroatoms. The van der Waals surface area contributed by atoms with Gasteiger partial charge in [-0.25, -0.2) is 4.79 Å². The van der Waals surface area contributed by atoms with Gasteiger partial charge in [0, 0.05) is 5.56 Å². The van der Waals surface area contributed by atoms with Crippen molar-refractivity contribution >= 4 is 34.4 Å². The van der Waals surface area contributed by atoms with Crippen LogP contribution in [0.1, 0.15) is 27.9 Å². The van der Waals surface area contributed by atoms with Crippen LogP contribution in [0.15, 0.2) is 66.7 Å². The van der Waals surface area contributed by atoms with Gasteiger partial charge >= 0.3 is 5.97 Å². The van der Waals surface area contributed by atoms with Crippen LogP contribution < -0.4 is 5.32 Å². The van der Waals surface area contributed by atoms with Crippen molar-refractivity contribution in [1.29, 1.82) is 0 Å². The van der Waals surface area contributed by atoms with Crippen molar-refractivity contribution in [3.8, 4) is 0 Å². The zero-order valence-corrected chi connectivity index (χ0v) is 17.5. The van der Waals surface area contributed by atoms with E-state index in [2.05, 4.69) is 5.32 Å². The molecule has 0 bridgehead atoms. The van der Waals surface area contributed by atoms with Crippen LogP contribution in [0.5, 0.6) is 0 Å². The highest BCUT2D eigenvalue weighted by atomic mass is 32.2. The van der Waals surface area contributed by atoms with E-state index in [0.717, 1.165) is 27.7 Å². The van der Waals surface area contributed by atoms with Gasteiger partial charge in [0.1, 0.15) is 12.6 Å². The van der Waals surface area contributed by atoms with Gasteiger partial charge in [-0.3, -0.25) is 4.79 Å². The number of fused-ring (bicyclic) bond motifs is 1. The van der Waals surface area contributed by atoms with E-state index in [-0.39, 0.29) is 12.5 Å². The Balaban J connectivity index is 1.69. The number of esters is 1. The van der Waals surface area contributed by atoms with Gasteiger partial charge in [-0.15, -0.1) is 0 Å². The summed E-state index contributed by atoms with van der Waals surface area (Å²) in [7, 11) is 0. The maximum absolute atomic E-state index is 12.7. The molecule has 150 valence electrons. The molecule has 0 aliphatic rings. The number of benzene rings is 3. The van der Waals surface area contributed by atoms with Gasteiger partial charge in [-0.05, 0) is 53.8 Å². The van der Waals surface area contributed by atoms with E-state index in [0.29, 0.717) is 12.0 Å². The van der Waals surface area contributed by atoms with Gasteiger partial charge in [0.05, 0.1) is 0 Å². The average molecular weight is 408 g/mol. The number of ether oxygens (including phenoxy) is 1. The van der Waals surface area contributed by atoms with E-state index in [1.807, 2.05) is 73.8 Å². The van der Waals surface area contributed by atoms with Crippen LogP contribution >= 0.6 is 11.8 Å². The van der Waals surface area contributed by atoms with Gasteiger partial charge in [0.25, 0.3) is 5.91 Å². The van der Waals surface area contributed by atoms with Crippen molar-refractivity contribution in [3.63, 3.8) is 0 Å². The minimum Gasteiger partial charge on any atom is -0.459 e. The molecule has 0 radical (unpaired) electrons. The van der Waals surface area contributed by atoms with Crippen molar-refractivity contribution in [1.82, 2.24) is 5.32 Å². The normalized spacial score (nSPS) is 11.8. The summed E-state index contributed by atoms with van der Waals surface area (Å²) in [5, 5.41) is 5.01. The largest absolute Gasteiger partial charge is 0.459 e. The van der Waals surface area contributed by atoms with E-state index in [4.69, 9.17) is 4.74 Å². The summed E-state index contributed by atoms with van der Waals surface area (Å²) in [4.78, 5) is 25.3. The average Bonchev–Trinajstić information content (AvgIpc) is 2.74. The molecule has 3 aromatic rings. The standard InChI is InChI=1S/C24H25NO3S/c1-17-7-5-10-19(15-17)23(26)25-22(13-14-29-2)24(27)28-16-20-11-6-9-18-8-3-4-12-21(18)20/h3-12,15,22H,13-14,16H2,1-2H3,(H,25,26)/t22-/m0/s1. The number of hydrogen-bond acceptors (Lipinski definition) is 4. The zero-order valence-electron chi connectivity index (χ0n) is 16.7. The van der Waals surface area contributed by atoms with E-state index >= 15 is 0 Å². The summed E-state index contributed by atoms with van der Waals surface area (Å²) in [5.41, 5.74) is 2.49. The highest BCUT2D eigenvalue weighted by Gasteiger charge is 2.23. The van der Waals surface area contributed by atoms with Crippen LogP contribution in [0, 0.1) is 6.92 Å². The molecule has 3 aromatic carbocycles. The summed E-state index contributed by atoms with van der Waals surface area (Å²) < 4.78 is 5.59. The molecular weight excluding hydrogens is 382 g/mol. The molecule has 0 saturated heterocycles. The highest BCUT2D eigenvalue weighted by Crippen LogP contribution is 2.19. The fourth-order valence-electron chi connectivity index (χ4n) is 3.18. The smallest absolute Gasteiger partial charge is 0.329 e. The third-order valence-electron chi connectivity index (χ3n) is 4.73. The molecular formula is C24H25NO3S. The first-order valence-corrected chi connectivity index (χ1v) is 11.0. The monoisotopic (exact) mass is 407 g/mol. The molecule has 1 amide bonds. The SMILES string of the molecule is CSCC[C@H](NC(=O)c1cccc(C)c1)C(=O)OCc1cccc2ccccc12. The van der Waals surface area contributed by atoms with Crippen molar-refractivity contribution in [2.24, 2.45) is 0 Å². The van der Waals surface area contributed by atoms with Gasteiger partial charge in [-0.2, -0.15) is 11.8 Å². The second-order valence-electron chi connectivity index (χ2n) is 6.92. The number of carbonyl (C=O) groups is 2. The zero-order chi connectivity index (χ0) is 20.6. The summed E-state index contributed by atoms with van der Waals surface area (Å²) in [6.45, 7) is 2.11. The van der Waals surface area contributed by atoms with Gasteiger partial charge < -0.3 is 10.1 Å². The fraction of sp³-hybridized carbons (Fsp3) is 0.250. The van der Waals surface area contributed by atoms with Gasteiger partial charge in [0.2, 0.25) is 0 Å². The Morgan fingerprint density at radius 2 is 1.79 bits per heavy atom. The Hall–Kier alpha value is -2.79. The number of amides is 1. The third kappa shape index (κ3) is 5.61. The minimum atomic E-state index is -0.676. The Kier molecular flexibility index (Phi) is 7.30. The predicted octanol–water partition coefficient (Wildman–Crippen LogP) is 4.74. The molecule has 3 rings (SSSR count). The molecule has 0 unspecified atom stereocenters. The summed E-state index contributed by atoms with van der Waals surface area (Å²) >= 11 is 1.63. The summed E-state index contributed by atoms with van der Waals surface area (Å²) in [6, 6.07) is 20.6. The van der Waals surface area contributed by atoms with Gasteiger partial charge in [0.15, 0.2) is 0 Å². The molecule has 0 fully saturated rings. The third-order valence-corrected chi connectivity index (χ3v) is 5.37. The molecule has 29 heavy (non-hydrogen) atoms. The fourth-order valence-corrected chi connectivity index (χ4v) is 3.65. The summed E-state index contributed by atoms with van der Waals surface area (Å²) in [5.74, 6) is 0.0807. The Morgan fingerprint density at radius 3 is 2.59 bits per heavy atom. The lowest BCUT2D eigenvalue weighted by atomic mass is 10.1. The number of thioether (sulfide) groups is 1. The number of nitrogens with one attached hydrogen (secondary N) is 1. The molecule has 0 aromatic heterocycles. The van der Waals surface area contributed by atoms with Crippen LogP contribution in [0.2, 0.25) is 0 Å². The lowest BCUT2D eigenvalue weighted by molar-refractivity contribution is -0.147. The first-order chi connectivity index (χ1) is 14.1. The molecule has 1 atom stereocenters. The Labute approximate surface area is 175 Å². The van der Waals surface area contributed by atoms with Crippen molar-refractivity contribution < 1.29 is 14.3 Å². The molecule has 0 heterocycles. The Bertz CT molecular complexity index is 997. The quantitative estimate of drug-likeness (QED) is 0.548. The molecule has 0 aliphatic heterocycles. The van der Waals surface area contributed by atoms with E-state index in [1.165, 1.54) is 0 Å². The lowest BCUT2D eigenvalue weighted by Gasteiger charge is -2.18. The molecule has 1 N–H and O–H groups in total. The van der Waals surface area contributed by atoms with Crippen LogP contribution in [-0.2, 0) is 16.1 Å². The van der Waals surface area contributed by atoms with Crippen molar-refractivity contribution in [2.45, 2.75) is 26.0 Å². The second-order valence-corrected chi connectivity index (χ2v) is 7.91. The van der Waals surface area contributed by atoms with E-state index in [9.17, 15) is 9.59 Å². The van der Waals surface area contributed by atoms with E-state index < -0.39 is 12.0 Å². The minimum absolute atomic E-state index is 0.177. The molecule has 0 spiro atoms. The predicted molar refractivity (Wildman–Crippen MR) is 119 cm³/mol. The van der Waals surface area contributed by atoms with Crippen LogP contribution in [0.3, 0.4) is 0 Å². The Morgan fingerprint density at radius 1 is 1.03 bits per heavy atom. The maximum atomic E-state index is 12.7. The topological polar surface area (TPSA) is 55.4 Å². The molecule has 0 saturated carbocycles. The number of carbonyl (C=O) groups excluding carboxylic acids is 2. The highest BCUT2D eigenvalue weighted by molar-refractivity contribution is 7.98. The first-order valence-electron chi connectivity index (χ1n) is 9.58. The van der Waals surface area contributed by atoms with Crippen LogP contribution in [0.4, 0.5) is 0 Å². The molecule has 4 nitrogen and oxygen atoms in total. The maximum Gasteiger partial charge on any atom is 0.329 e. The summed E-state index contributed by atoms with van der Waals surface area (Å²) in [6.07, 6.45) is 2.49. The first kappa shape index (κ1) is 20.9. The van der Waals surface area contributed by atoms with Crippen molar-refractivity contribution in [2.75, 3.05) is 12.0 Å². The molecule has 0 aliphatic carbocycles. The van der Waals surface area contributed by atoms with Crippen LogP contribution in [0.25, 0.3) is 10.8 Å². The van der Waals surface area contributed by atoms with Gasteiger partial charge in [-0.1, -0.05) is 60.2 Å². The number of hydrogen-bond donors (Lipinski definition) is 1. The number of rotatable bonds is 8. The van der Waals surface area contributed by atoms with Crippen LogP contribution in [-0.4, -0.2) is 29.9 Å². The van der Waals surface area contributed by atoms with Crippen molar-refractivity contribution in [3.05, 3.63) is 83.4 Å². The number of aryl methyl sites for hydroxylation is 1. The lowest BCUT2D eigenvalue weighted by Crippen LogP contribution is -2.42. The second kappa shape index (κ2) is 10.1.